The Kier molecular flexibility index (Phi) is 6.91. The van der Waals surface area contributed by atoms with Crippen LogP contribution in [0.25, 0.3) is 10.2 Å². The number of pyridine rings is 2. The average Bonchev–Trinajstić information content (AvgIpc) is 3.39. The van der Waals surface area contributed by atoms with Crippen LogP contribution < -0.4 is 21.3 Å². The summed E-state index contributed by atoms with van der Waals surface area (Å²) < 4.78 is 5.45. The molecule has 0 spiro atoms. The van der Waals surface area contributed by atoms with Crippen molar-refractivity contribution in [3.63, 3.8) is 0 Å². The maximum absolute atomic E-state index is 13.0. The molecule has 3 aromatic heterocycles. The van der Waals surface area contributed by atoms with Gasteiger partial charge in [-0.15, -0.1) is 11.3 Å². The van der Waals surface area contributed by atoms with Gasteiger partial charge in [-0.1, -0.05) is 13.0 Å². The van der Waals surface area contributed by atoms with Crippen LogP contribution in [0.15, 0.2) is 24.3 Å². The van der Waals surface area contributed by atoms with Gasteiger partial charge in [0.1, 0.15) is 15.5 Å². The molecule has 4 heterocycles. The highest BCUT2D eigenvalue weighted by Gasteiger charge is 2.33. The van der Waals surface area contributed by atoms with Crippen LogP contribution in [0.3, 0.4) is 0 Å². The van der Waals surface area contributed by atoms with E-state index in [9.17, 15) is 4.79 Å². The smallest absolute Gasteiger partial charge is 0.263 e. The molecular formula is C26H34N6O2S. The lowest BCUT2D eigenvalue weighted by atomic mass is 9.91. The second-order valence-electron chi connectivity index (χ2n) is 9.62. The lowest BCUT2D eigenvalue weighted by Crippen LogP contribution is -2.39. The first-order valence-corrected chi connectivity index (χ1v) is 13.2. The third-order valence-corrected chi connectivity index (χ3v) is 8.25. The highest BCUT2D eigenvalue weighted by Crippen LogP contribution is 2.33. The van der Waals surface area contributed by atoms with E-state index in [0.717, 1.165) is 72.9 Å². The van der Waals surface area contributed by atoms with Crippen molar-refractivity contribution in [1.82, 2.24) is 20.6 Å². The fourth-order valence-corrected chi connectivity index (χ4v) is 6.39. The van der Waals surface area contributed by atoms with Gasteiger partial charge in [-0.25, -0.2) is 9.97 Å². The minimum absolute atomic E-state index is 0.0676. The lowest BCUT2D eigenvalue weighted by Gasteiger charge is -2.26. The summed E-state index contributed by atoms with van der Waals surface area (Å²) in [6.45, 7) is 7.67. The topological polar surface area (TPSA) is 105 Å². The number of carbonyl (C=O) groups is 1. The van der Waals surface area contributed by atoms with Crippen molar-refractivity contribution in [3.8, 4) is 0 Å². The van der Waals surface area contributed by atoms with Gasteiger partial charge in [0, 0.05) is 55.0 Å². The Morgan fingerprint density at radius 2 is 2.11 bits per heavy atom. The molecule has 1 fully saturated rings. The number of hydrogen-bond acceptors (Lipinski definition) is 8. The number of amides is 1. The zero-order chi connectivity index (χ0) is 24.5. The molecule has 1 aliphatic carbocycles. The monoisotopic (exact) mass is 494 g/mol. The molecule has 3 aromatic rings. The molecule has 0 unspecified atom stereocenters. The maximum Gasteiger partial charge on any atom is 0.263 e. The molecule has 0 bridgehead atoms. The number of nitrogens with one attached hydrogen (secondary N) is 2. The number of aromatic nitrogens is 2. The third kappa shape index (κ3) is 4.85. The van der Waals surface area contributed by atoms with Crippen LogP contribution in [-0.4, -0.2) is 61.3 Å². The van der Waals surface area contributed by atoms with Crippen molar-refractivity contribution in [2.45, 2.75) is 45.2 Å². The number of hydrogen-bond donors (Lipinski definition) is 3. The highest BCUT2D eigenvalue weighted by molar-refractivity contribution is 7.21. The molecule has 0 radical (unpaired) electrons. The minimum Gasteiger partial charge on any atom is -0.397 e. The third-order valence-electron chi connectivity index (χ3n) is 7.14. The van der Waals surface area contributed by atoms with E-state index in [2.05, 4.69) is 39.6 Å². The zero-order valence-electron chi connectivity index (χ0n) is 20.6. The second kappa shape index (κ2) is 10.1. The summed E-state index contributed by atoms with van der Waals surface area (Å²) in [4.78, 5) is 26.3. The van der Waals surface area contributed by atoms with Crippen molar-refractivity contribution in [2.75, 3.05) is 44.0 Å². The quantitative estimate of drug-likeness (QED) is 0.464. The molecule has 4 N–H and O–H groups in total. The number of fused-ring (bicyclic) bond motifs is 2. The highest BCUT2D eigenvalue weighted by atomic mass is 32.1. The minimum atomic E-state index is -0.114. The predicted molar refractivity (Wildman–Crippen MR) is 141 cm³/mol. The largest absolute Gasteiger partial charge is 0.397 e. The first-order valence-electron chi connectivity index (χ1n) is 12.4. The van der Waals surface area contributed by atoms with Gasteiger partial charge in [-0.3, -0.25) is 4.79 Å². The zero-order valence-corrected chi connectivity index (χ0v) is 21.5. The second-order valence-corrected chi connectivity index (χ2v) is 10.6. The Bertz CT molecular complexity index is 1210. The molecule has 1 amide bonds. The van der Waals surface area contributed by atoms with Gasteiger partial charge in [0.15, 0.2) is 0 Å². The van der Waals surface area contributed by atoms with Crippen LogP contribution in [0, 0.1) is 12.8 Å². The summed E-state index contributed by atoms with van der Waals surface area (Å²) in [6, 6.07) is 8.66. The number of ether oxygens (including phenoxy) is 1. The Morgan fingerprint density at radius 1 is 1.26 bits per heavy atom. The summed E-state index contributed by atoms with van der Waals surface area (Å²) in [7, 11) is 1.77. The van der Waals surface area contributed by atoms with Crippen LogP contribution in [0.4, 0.5) is 11.5 Å². The number of nitrogens with two attached hydrogens (primary N) is 1. The molecular weight excluding hydrogens is 460 g/mol. The molecule has 1 saturated heterocycles. The van der Waals surface area contributed by atoms with E-state index in [1.165, 1.54) is 16.9 Å². The number of nitrogen functional groups attached to an aromatic ring is 1. The van der Waals surface area contributed by atoms with Crippen molar-refractivity contribution in [3.05, 3.63) is 46.1 Å². The van der Waals surface area contributed by atoms with Gasteiger partial charge in [-0.2, -0.15) is 0 Å². The fraction of sp³-hybridized carbons (Fsp3) is 0.500. The predicted octanol–water partition coefficient (Wildman–Crippen LogP) is 2.93. The Balaban J connectivity index is 1.25. The molecule has 0 aromatic carbocycles. The van der Waals surface area contributed by atoms with Crippen LogP contribution in [0.5, 0.6) is 0 Å². The van der Waals surface area contributed by atoms with Crippen LogP contribution in [0.1, 0.15) is 40.0 Å². The Labute approximate surface area is 210 Å². The first-order chi connectivity index (χ1) is 17.0. The van der Waals surface area contributed by atoms with E-state index >= 15 is 0 Å². The molecule has 186 valence electrons. The number of carbonyl (C=O) groups excluding carboxylic acids is 1. The normalized spacial score (nSPS) is 21.9. The Morgan fingerprint density at radius 3 is 2.91 bits per heavy atom. The average molecular weight is 495 g/mol. The molecule has 1 aliphatic heterocycles. The summed E-state index contributed by atoms with van der Waals surface area (Å²) in [5.41, 5.74) is 10.1. The lowest BCUT2D eigenvalue weighted by molar-refractivity contribution is 0.0938. The van der Waals surface area contributed by atoms with E-state index < -0.39 is 0 Å². The van der Waals surface area contributed by atoms with E-state index in [-0.39, 0.29) is 11.9 Å². The molecule has 35 heavy (non-hydrogen) atoms. The number of thiophene rings is 1. The van der Waals surface area contributed by atoms with Gasteiger partial charge in [0.2, 0.25) is 0 Å². The van der Waals surface area contributed by atoms with Gasteiger partial charge in [0.05, 0.1) is 12.3 Å². The molecule has 8 nitrogen and oxygen atoms in total. The molecule has 9 heteroatoms. The molecule has 0 saturated carbocycles. The molecule has 5 rings (SSSR count). The van der Waals surface area contributed by atoms with Gasteiger partial charge < -0.3 is 26.0 Å². The van der Waals surface area contributed by atoms with Gasteiger partial charge >= 0.3 is 0 Å². The van der Waals surface area contributed by atoms with Crippen LogP contribution >= 0.6 is 11.3 Å². The van der Waals surface area contributed by atoms with Gasteiger partial charge in [-0.05, 0) is 56.5 Å². The number of methoxy groups -OCH3 is 1. The van der Waals surface area contributed by atoms with E-state index in [1.807, 2.05) is 19.1 Å². The SMILES string of the molecule is CCN[C@H]1CN(c2ccc3c(n2)CC[C@H](NC(=O)c2sc4nc(C)ccc4c2N)C3)C[C@@H]1COC. The number of likely N-dealkylation sites (N-methyl/N-ethyl adjacent to an activating group) is 1. The summed E-state index contributed by atoms with van der Waals surface area (Å²) in [5, 5.41) is 7.65. The number of aryl methyl sites for hydroxylation is 2. The van der Waals surface area contributed by atoms with E-state index in [4.69, 9.17) is 15.5 Å². The van der Waals surface area contributed by atoms with Gasteiger partial charge in [0.25, 0.3) is 5.91 Å². The summed E-state index contributed by atoms with van der Waals surface area (Å²) >= 11 is 1.36. The number of rotatable bonds is 7. The summed E-state index contributed by atoms with van der Waals surface area (Å²) in [6.07, 6.45) is 2.50. The summed E-state index contributed by atoms with van der Waals surface area (Å²) in [5.74, 6) is 1.38. The van der Waals surface area contributed by atoms with Crippen molar-refractivity contribution in [1.29, 1.82) is 0 Å². The Hall–Kier alpha value is -2.75. The maximum atomic E-state index is 13.0. The van der Waals surface area contributed by atoms with Crippen molar-refractivity contribution < 1.29 is 9.53 Å². The molecule has 2 aliphatic rings. The van der Waals surface area contributed by atoms with E-state index in [1.54, 1.807) is 7.11 Å². The van der Waals surface area contributed by atoms with Crippen molar-refractivity contribution >= 4 is 39.0 Å². The van der Waals surface area contributed by atoms with Crippen molar-refractivity contribution in [2.24, 2.45) is 5.92 Å². The fourth-order valence-electron chi connectivity index (χ4n) is 5.34. The molecule has 3 atom stereocenters. The van der Waals surface area contributed by atoms with E-state index in [0.29, 0.717) is 22.5 Å². The number of nitrogens with zero attached hydrogens (tertiary/aromatic N) is 3. The number of anilines is 2. The standard InChI is InChI=1S/C26H34N6O2S/c1-4-28-21-13-32(12-17(21)14-34-3)22-10-6-16-11-18(7-9-20(16)31-22)30-25(33)24-23(27)19-8-5-15(2)29-26(19)35-24/h5-6,8,10,17-18,21,28H,4,7,9,11-14,27H2,1-3H3,(H,30,33)/t17-,18+,21+/m1/s1. The van der Waals surface area contributed by atoms with Crippen LogP contribution in [0.2, 0.25) is 0 Å². The first kappa shape index (κ1) is 24.0. The van der Waals surface area contributed by atoms with Crippen LogP contribution in [-0.2, 0) is 17.6 Å².